The maximum atomic E-state index is 6.39. The fourth-order valence-electron chi connectivity index (χ4n) is 9.06. The average molecular weight is 677 g/mol. The number of nitrogens with zero attached hydrogens (tertiary/aromatic N) is 4. The molecule has 12 rings (SSSR count). The highest BCUT2D eigenvalue weighted by Gasteiger charge is 2.54. The monoisotopic (exact) mass is 676 g/mol. The molecule has 0 saturated heterocycles. The third-order valence-corrected chi connectivity index (χ3v) is 11.2. The van der Waals surface area contributed by atoms with Crippen molar-refractivity contribution in [1.82, 2.24) is 19.5 Å². The van der Waals surface area contributed by atoms with E-state index in [2.05, 4.69) is 138 Å². The SMILES string of the molecule is c1ccc(-c2nc(-c3cccc(-c4cccc5c4-c4ccccc4C54c5ccccc5-n5c4nc4ccccc45)c3)nc3c2oc2ccccc23)cc1. The van der Waals surface area contributed by atoms with E-state index in [1.165, 1.54) is 39.1 Å². The molecule has 0 bridgehead atoms. The van der Waals surface area contributed by atoms with E-state index in [0.29, 0.717) is 11.4 Å². The largest absolute Gasteiger partial charge is 0.452 e. The second-order valence-electron chi connectivity index (χ2n) is 13.9. The molecule has 0 fully saturated rings. The summed E-state index contributed by atoms with van der Waals surface area (Å²) >= 11 is 0. The van der Waals surface area contributed by atoms with E-state index in [1.807, 2.05) is 36.4 Å². The topological polar surface area (TPSA) is 56.7 Å². The van der Waals surface area contributed by atoms with Crippen molar-refractivity contribution in [3.8, 4) is 50.6 Å². The van der Waals surface area contributed by atoms with Crippen molar-refractivity contribution >= 4 is 33.1 Å². The molecule has 0 radical (unpaired) electrons. The molecule has 1 aliphatic carbocycles. The summed E-state index contributed by atoms with van der Waals surface area (Å²) in [7, 11) is 0. The lowest BCUT2D eigenvalue weighted by Gasteiger charge is -2.27. The Morgan fingerprint density at radius 2 is 1.21 bits per heavy atom. The molecule has 1 spiro atoms. The van der Waals surface area contributed by atoms with Crippen LogP contribution in [0.2, 0.25) is 0 Å². The van der Waals surface area contributed by atoms with E-state index in [-0.39, 0.29) is 0 Å². The third kappa shape index (κ3) is 3.73. The molecule has 5 heteroatoms. The van der Waals surface area contributed by atoms with Gasteiger partial charge in [0.05, 0.1) is 16.7 Å². The van der Waals surface area contributed by atoms with E-state index >= 15 is 0 Å². The minimum atomic E-state index is -0.559. The van der Waals surface area contributed by atoms with Gasteiger partial charge in [0, 0.05) is 16.5 Å². The number of furan rings is 1. The second kappa shape index (κ2) is 10.5. The number of benzene rings is 7. The first-order chi connectivity index (χ1) is 26.3. The smallest absolute Gasteiger partial charge is 0.180 e. The number of hydrogen-bond donors (Lipinski definition) is 0. The van der Waals surface area contributed by atoms with Crippen molar-refractivity contribution < 1.29 is 4.42 Å². The molecule has 0 saturated carbocycles. The van der Waals surface area contributed by atoms with E-state index in [9.17, 15) is 0 Å². The Morgan fingerprint density at radius 3 is 2.15 bits per heavy atom. The molecule has 2 aliphatic rings. The molecular formula is C48H28N4O. The summed E-state index contributed by atoms with van der Waals surface area (Å²) in [4.78, 5) is 15.8. The molecule has 5 nitrogen and oxygen atoms in total. The zero-order chi connectivity index (χ0) is 34.7. The van der Waals surface area contributed by atoms with Crippen LogP contribution in [0.1, 0.15) is 22.5 Å². The summed E-state index contributed by atoms with van der Waals surface area (Å²) in [6.07, 6.45) is 0. The van der Waals surface area contributed by atoms with Gasteiger partial charge in [-0.25, -0.2) is 15.0 Å². The van der Waals surface area contributed by atoms with Gasteiger partial charge in [-0.1, -0.05) is 133 Å². The van der Waals surface area contributed by atoms with Crippen molar-refractivity contribution in [2.75, 3.05) is 0 Å². The molecule has 1 unspecified atom stereocenters. The van der Waals surface area contributed by atoms with Crippen LogP contribution in [0.3, 0.4) is 0 Å². The van der Waals surface area contributed by atoms with Crippen molar-refractivity contribution in [3.63, 3.8) is 0 Å². The molecule has 53 heavy (non-hydrogen) atoms. The Hall–Kier alpha value is -7.11. The molecule has 0 N–H and O–H groups in total. The summed E-state index contributed by atoms with van der Waals surface area (Å²) in [5.41, 5.74) is 16.3. The molecular weight excluding hydrogens is 649 g/mol. The standard InChI is InChI=1S/C48H28N4O/c1-2-14-29(15-3-1)43-45-44(34-19-5-11-27-41(34)53-45)51-46(50-43)31-17-12-16-30(28-31)32-20-13-23-37-42(32)33-18-4-6-21-35(33)48(37)36-22-7-9-25-39(36)52-40-26-10-8-24-38(40)49-47(48)52/h1-28H. The van der Waals surface area contributed by atoms with Gasteiger partial charge in [0.2, 0.25) is 0 Å². The summed E-state index contributed by atoms with van der Waals surface area (Å²) < 4.78 is 8.77. The van der Waals surface area contributed by atoms with Crippen molar-refractivity contribution in [2.24, 2.45) is 0 Å². The first-order valence-electron chi connectivity index (χ1n) is 18.0. The Morgan fingerprint density at radius 1 is 0.509 bits per heavy atom. The Kier molecular flexibility index (Phi) is 5.64. The first-order valence-corrected chi connectivity index (χ1v) is 18.0. The molecule has 3 aromatic heterocycles. The highest BCUT2D eigenvalue weighted by molar-refractivity contribution is 6.07. The highest BCUT2D eigenvalue weighted by atomic mass is 16.3. The third-order valence-electron chi connectivity index (χ3n) is 11.2. The van der Waals surface area contributed by atoms with Gasteiger partial charge in [-0.15, -0.1) is 0 Å². The highest BCUT2D eigenvalue weighted by Crippen LogP contribution is 2.62. The average Bonchev–Trinajstić information content (AvgIpc) is 3.96. The zero-order valence-corrected chi connectivity index (χ0v) is 28.4. The minimum absolute atomic E-state index is 0.559. The van der Waals surface area contributed by atoms with Gasteiger partial charge in [-0.05, 0) is 75.3 Å². The molecule has 246 valence electrons. The quantitative estimate of drug-likeness (QED) is 0.187. The number of para-hydroxylation sites is 4. The summed E-state index contributed by atoms with van der Waals surface area (Å²) in [6.45, 7) is 0. The van der Waals surface area contributed by atoms with Crippen molar-refractivity contribution in [1.29, 1.82) is 0 Å². The summed E-state index contributed by atoms with van der Waals surface area (Å²) in [5, 5.41) is 0.977. The summed E-state index contributed by atoms with van der Waals surface area (Å²) in [5.74, 6) is 1.70. The van der Waals surface area contributed by atoms with Crippen LogP contribution in [0.25, 0.3) is 83.7 Å². The first kappa shape index (κ1) is 28.6. The van der Waals surface area contributed by atoms with Gasteiger partial charge in [0.15, 0.2) is 11.4 Å². The van der Waals surface area contributed by atoms with Crippen LogP contribution >= 0.6 is 0 Å². The van der Waals surface area contributed by atoms with Crippen LogP contribution in [0, 0.1) is 0 Å². The molecule has 0 amide bonds. The number of rotatable bonds is 3. The minimum Gasteiger partial charge on any atom is -0.452 e. The number of fused-ring (bicyclic) bond motifs is 15. The van der Waals surface area contributed by atoms with Gasteiger partial charge in [0.1, 0.15) is 28.0 Å². The second-order valence-corrected chi connectivity index (χ2v) is 13.9. The lowest BCUT2D eigenvalue weighted by atomic mass is 9.72. The van der Waals surface area contributed by atoms with Gasteiger partial charge >= 0.3 is 0 Å². The van der Waals surface area contributed by atoms with E-state index < -0.39 is 5.41 Å². The van der Waals surface area contributed by atoms with Crippen molar-refractivity contribution in [3.05, 3.63) is 192 Å². The number of aromatic nitrogens is 4. The lowest BCUT2D eigenvalue weighted by molar-refractivity contribution is 0.667. The normalized spacial score (nSPS) is 15.2. The van der Waals surface area contributed by atoms with Crippen LogP contribution in [0.15, 0.2) is 174 Å². The van der Waals surface area contributed by atoms with Gasteiger partial charge in [-0.2, -0.15) is 0 Å². The Balaban J connectivity index is 1.10. The maximum Gasteiger partial charge on any atom is 0.180 e. The lowest BCUT2D eigenvalue weighted by Crippen LogP contribution is -2.27. The van der Waals surface area contributed by atoms with Gasteiger partial charge in [0.25, 0.3) is 0 Å². The number of hydrogen-bond acceptors (Lipinski definition) is 4. The molecule has 10 aromatic rings. The van der Waals surface area contributed by atoms with E-state index in [1.54, 1.807) is 0 Å². The Bertz CT molecular complexity index is 3140. The predicted octanol–water partition coefficient (Wildman–Crippen LogP) is 11.4. The van der Waals surface area contributed by atoms with Gasteiger partial charge in [-0.3, -0.25) is 4.57 Å². The molecule has 4 heterocycles. The zero-order valence-electron chi connectivity index (χ0n) is 28.4. The van der Waals surface area contributed by atoms with Crippen LogP contribution in [-0.2, 0) is 5.41 Å². The van der Waals surface area contributed by atoms with Gasteiger partial charge < -0.3 is 4.42 Å². The van der Waals surface area contributed by atoms with Crippen LogP contribution in [0.4, 0.5) is 0 Å². The fourth-order valence-corrected chi connectivity index (χ4v) is 9.06. The maximum absolute atomic E-state index is 6.39. The van der Waals surface area contributed by atoms with E-state index in [4.69, 9.17) is 19.4 Å². The fraction of sp³-hybridized carbons (Fsp3) is 0.0208. The summed E-state index contributed by atoms with van der Waals surface area (Å²) in [6, 6.07) is 59.9. The predicted molar refractivity (Wildman–Crippen MR) is 211 cm³/mol. The Labute approximate surface area is 304 Å². The number of imidazole rings is 1. The van der Waals surface area contributed by atoms with E-state index in [0.717, 1.165) is 55.7 Å². The molecule has 1 aliphatic heterocycles. The van der Waals surface area contributed by atoms with Crippen LogP contribution in [0.5, 0.6) is 0 Å². The van der Waals surface area contributed by atoms with Crippen LogP contribution in [-0.4, -0.2) is 19.5 Å². The molecule has 1 atom stereocenters. The van der Waals surface area contributed by atoms with Crippen molar-refractivity contribution in [2.45, 2.75) is 5.41 Å². The molecule has 7 aromatic carbocycles. The van der Waals surface area contributed by atoms with Crippen LogP contribution < -0.4 is 0 Å².